The molecule has 1 aromatic rings. The van der Waals surface area contributed by atoms with Crippen LogP contribution in [0.3, 0.4) is 0 Å². The van der Waals surface area contributed by atoms with E-state index in [2.05, 4.69) is 33.2 Å². The Morgan fingerprint density at radius 2 is 2.07 bits per heavy atom. The fourth-order valence-electron chi connectivity index (χ4n) is 1.02. The van der Waals surface area contributed by atoms with Crippen molar-refractivity contribution in [3.05, 3.63) is 28.7 Å². The van der Waals surface area contributed by atoms with Gasteiger partial charge in [-0.25, -0.2) is 0 Å². The summed E-state index contributed by atoms with van der Waals surface area (Å²) in [6.07, 6.45) is 1.55. The Kier molecular flexibility index (Phi) is 5.57. The van der Waals surface area contributed by atoms with Crippen molar-refractivity contribution in [1.82, 2.24) is 0 Å². The Hall–Kier alpha value is -0.680. The second-order valence-corrected chi connectivity index (χ2v) is 5.08. The normalized spacial score (nSPS) is 11.7. The van der Waals surface area contributed by atoms with E-state index >= 15 is 0 Å². The predicted molar refractivity (Wildman–Crippen MR) is 67.5 cm³/mol. The van der Waals surface area contributed by atoms with E-state index in [0.29, 0.717) is 12.3 Å². The van der Waals surface area contributed by atoms with Crippen LogP contribution < -0.4 is 5.73 Å². The van der Waals surface area contributed by atoms with Gasteiger partial charge in [0, 0.05) is 15.8 Å². The molecule has 0 aliphatic carbocycles. The maximum Gasteiger partial charge on any atom is 0.139 e. The highest BCUT2D eigenvalue weighted by Crippen LogP contribution is 2.21. The Morgan fingerprint density at radius 1 is 1.40 bits per heavy atom. The molecule has 0 radical (unpaired) electrons. The molecule has 0 atom stereocenters. The van der Waals surface area contributed by atoms with E-state index in [4.69, 9.17) is 10.9 Å². The van der Waals surface area contributed by atoms with Gasteiger partial charge in [0.25, 0.3) is 0 Å². The van der Waals surface area contributed by atoms with Crippen LogP contribution >= 0.6 is 27.7 Å². The van der Waals surface area contributed by atoms with E-state index < -0.39 is 0 Å². The molecule has 1 rings (SSSR count). The summed E-state index contributed by atoms with van der Waals surface area (Å²) < 4.78 is 1.09. The van der Waals surface area contributed by atoms with Crippen molar-refractivity contribution in [3.8, 4) is 0 Å². The first kappa shape index (κ1) is 12.4. The highest BCUT2D eigenvalue weighted by molar-refractivity contribution is 9.10. The average Bonchev–Trinajstić information content (AvgIpc) is 2.26. The van der Waals surface area contributed by atoms with E-state index in [9.17, 15) is 0 Å². The van der Waals surface area contributed by atoms with Gasteiger partial charge in [-0.05, 0) is 36.4 Å². The van der Waals surface area contributed by atoms with Crippen LogP contribution in [-0.4, -0.2) is 16.8 Å². The quantitative estimate of drug-likeness (QED) is 0.219. The smallest absolute Gasteiger partial charge is 0.139 e. The second-order valence-electron chi connectivity index (χ2n) is 3.00. The number of thioether (sulfide) groups is 1. The zero-order chi connectivity index (χ0) is 11.1. The van der Waals surface area contributed by atoms with Crippen molar-refractivity contribution in [2.24, 2.45) is 10.9 Å². The Labute approximate surface area is 102 Å². The zero-order valence-electron chi connectivity index (χ0n) is 8.19. The molecular weight excluding hydrogens is 276 g/mol. The molecule has 1 aromatic carbocycles. The lowest BCUT2D eigenvalue weighted by molar-refractivity contribution is 0.317. The zero-order valence-corrected chi connectivity index (χ0v) is 10.6. The van der Waals surface area contributed by atoms with E-state index in [-0.39, 0.29) is 0 Å². The molecule has 0 unspecified atom stereocenters. The van der Waals surface area contributed by atoms with Crippen LogP contribution in [0.4, 0.5) is 0 Å². The van der Waals surface area contributed by atoms with Crippen molar-refractivity contribution < 1.29 is 5.21 Å². The summed E-state index contributed by atoms with van der Waals surface area (Å²) >= 11 is 5.15. The predicted octanol–water partition coefficient (Wildman–Crippen LogP) is 3.07. The summed E-state index contributed by atoms with van der Waals surface area (Å²) in [6, 6.07) is 8.17. The SMILES string of the molecule is N/C(CCCSc1ccc(Br)cc1)=N\O. The molecule has 0 bridgehead atoms. The number of nitrogens with two attached hydrogens (primary N) is 1. The summed E-state index contributed by atoms with van der Waals surface area (Å²) in [7, 11) is 0. The highest BCUT2D eigenvalue weighted by atomic mass is 79.9. The number of hydrogen-bond donors (Lipinski definition) is 2. The van der Waals surface area contributed by atoms with Gasteiger partial charge >= 0.3 is 0 Å². The van der Waals surface area contributed by atoms with E-state index in [0.717, 1.165) is 16.6 Å². The third-order valence-electron chi connectivity index (χ3n) is 1.79. The minimum atomic E-state index is 0.298. The molecule has 0 saturated heterocycles. The van der Waals surface area contributed by atoms with E-state index in [1.807, 2.05) is 12.1 Å². The minimum Gasteiger partial charge on any atom is -0.409 e. The van der Waals surface area contributed by atoms with Gasteiger partial charge in [0.1, 0.15) is 5.84 Å². The number of hydrogen-bond acceptors (Lipinski definition) is 3. The average molecular weight is 289 g/mol. The third kappa shape index (κ3) is 5.09. The molecule has 82 valence electrons. The largest absolute Gasteiger partial charge is 0.409 e. The summed E-state index contributed by atoms with van der Waals surface area (Å²) in [6.45, 7) is 0. The molecule has 3 N–H and O–H groups in total. The first-order valence-electron chi connectivity index (χ1n) is 4.57. The fourth-order valence-corrected chi connectivity index (χ4v) is 2.14. The lowest BCUT2D eigenvalue weighted by Gasteiger charge is -2.01. The molecule has 0 saturated carbocycles. The van der Waals surface area contributed by atoms with Crippen LogP contribution in [0.5, 0.6) is 0 Å². The van der Waals surface area contributed by atoms with Gasteiger partial charge in [-0.15, -0.1) is 11.8 Å². The van der Waals surface area contributed by atoms with Crippen molar-refractivity contribution in [2.45, 2.75) is 17.7 Å². The number of benzene rings is 1. The molecule has 0 spiro atoms. The van der Waals surface area contributed by atoms with Crippen LogP contribution in [0.15, 0.2) is 38.8 Å². The monoisotopic (exact) mass is 288 g/mol. The molecule has 0 fully saturated rings. The standard InChI is InChI=1S/C10H13BrN2OS/c11-8-3-5-9(6-4-8)15-7-1-2-10(12)13-14/h3-6,14H,1-2,7H2,(H2,12,13). The number of rotatable bonds is 5. The molecular formula is C10H13BrN2OS. The Balaban J connectivity index is 2.23. The second kappa shape index (κ2) is 6.74. The molecule has 0 heterocycles. The van der Waals surface area contributed by atoms with Gasteiger partial charge in [0.15, 0.2) is 0 Å². The summed E-state index contributed by atoms with van der Waals surface area (Å²) in [4.78, 5) is 1.23. The van der Waals surface area contributed by atoms with Gasteiger partial charge in [-0.2, -0.15) is 0 Å². The van der Waals surface area contributed by atoms with E-state index in [1.54, 1.807) is 11.8 Å². The number of halogens is 1. The number of nitrogens with zero attached hydrogens (tertiary/aromatic N) is 1. The van der Waals surface area contributed by atoms with Crippen LogP contribution in [0.2, 0.25) is 0 Å². The van der Waals surface area contributed by atoms with Crippen LogP contribution in [0.1, 0.15) is 12.8 Å². The summed E-state index contributed by atoms with van der Waals surface area (Å²) in [5.41, 5.74) is 5.36. The first-order valence-corrected chi connectivity index (χ1v) is 6.35. The maximum atomic E-state index is 8.33. The molecule has 0 aliphatic heterocycles. The van der Waals surface area contributed by atoms with Crippen LogP contribution in [-0.2, 0) is 0 Å². The Morgan fingerprint density at radius 3 is 2.67 bits per heavy atom. The molecule has 5 heteroatoms. The van der Waals surface area contributed by atoms with Gasteiger partial charge in [-0.3, -0.25) is 0 Å². The van der Waals surface area contributed by atoms with Crippen LogP contribution in [0, 0.1) is 0 Å². The van der Waals surface area contributed by atoms with Gasteiger partial charge in [0.2, 0.25) is 0 Å². The number of oxime groups is 1. The molecule has 0 aromatic heterocycles. The summed E-state index contributed by atoms with van der Waals surface area (Å²) in [5.74, 6) is 1.27. The maximum absolute atomic E-state index is 8.33. The third-order valence-corrected chi connectivity index (χ3v) is 3.42. The van der Waals surface area contributed by atoms with Gasteiger partial charge in [0.05, 0.1) is 0 Å². The van der Waals surface area contributed by atoms with Crippen molar-refractivity contribution >= 4 is 33.5 Å². The molecule has 15 heavy (non-hydrogen) atoms. The van der Waals surface area contributed by atoms with Crippen LogP contribution in [0.25, 0.3) is 0 Å². The van der Waals surface area contributed by atoms with Gasteiger partial charge in [-0.1, -0.05) is 21.1 Å². The lowest BCUT2D eigenvalue weighted by atomic mass is 10.3. The van der Waals surface area contributed by atoms with Gasteiger partial charge < -0.3 is 10.9 Å². The first-order chi connectivity index (χ1) is 7.22. The Bertz CT molecular complexity index is 327. The minimum absolute atomic E-state index is 0.298. The molecule has 0 amide bonds. The summed E-state index contributed by atoms with van der Waals surface area (Å²) in [5, 5.41) is 11.3. The lowest BCUT2D eigenvalue weighted by Crippen LogP contribution is -2.11. The molecule has 0 aliphatic rings. The van der Waals surface area contributed by atoms with E-state index in [1.165, 1.54) is 4.90 Å². The fraction of sp³-hybridized carbons (Fsp3) is 0.300. The van der Waals surface area contributed by atoms with Crippen molar-refractivity contribution in [2.75, 3.05) is 5.75 Å². The molecule has 3 nitrogen and oxygen atoms in total. The van der Waals surface area contributed by atoms with Crippen molar-refractivity contribution in [1.29, 1.82) is 0 Å². The van der Waals surface area contributed by atoms with Crippen molar-refractivity contribution in [3.63, 3.8) is 0 Å². The topological polar surface area (TPSA) is 58.6 Å². The number of amidine groups is 1. The highest BCUT2D eigenvalue weighted by Gasteiger charge is 1.96.